The number of benzene rings is 2. The number of nitrogen functional groups attached to an aromatic ring is 1. The van der Waals surface area contributed by atoms with E-state index >= 15 is 0 Å². The van der Waals surface area contributed by atoms with Crippen molar-refractivity contribution in [1.82, 2.24) is 24.7 Å². The summed E-state index contributed by atoms with van der Waals surface area (Å²) in [7, 11) is 0. The summed E-state index contributed by atoms with van der Waals surface area (Å²) >= 11 is 18.8. The Labute approximate surface area is 218 Å². The topological polar surface area (TPSA) is 129 Å². The average Bonchev–Trinajstić information content (AvgIpc) is 2.84. The molecule has 9 nitrogen and oxygen atoms in total. The molecule has 5 aromatic rings. The van der Waals surface area contributed by atoms with Crippen molar-refractivity contribution in [3.05, 3.63) is 96.2 Å². The molecule has 3 N–H and O–H groups in total. The van der Waals surface area contributed by atoms with Crippen LogP contribution in [0.2, 0.25) is 15.1 Å². The first-order valence-electron chi connectivity index (χ1n) is 10.4. The summed E-state index contributed by atoms with van der Waals surface area (Å²) < 4.78 is 6.87. The molecule has 0 amide bonds. The first-order chi connectivity index (χ1) is 17.2. The van der Waals surface area contributed by atoms with Crippen LogP contribution >= 0.6 is 34.8 Å². The van der Waals surface area contributed by atoms with Gasteiger partial charge in [0.2, 0.25) is 5.82 Å². The monoisotopic (exact) mass is 540 g/mol. The Kier molecular flexibility index (Phi) is 6.13. The number of hydrogen-bond donors (Lipinski definition) is 2. The van der Waals surface area contributed by atoms with Gasteiger partial charge in [0.15, 0.2) is 5.75 Å². The minimum absolute atomic E-state index is 0.120. The summed E-state index contributed by atoms with van der Waals surface area (Å²) in [5, 5.41) is 5.44. The molecule has 0 aliphatic carbocycles. The Hall–Kier alpha value is -3.92. The van der Waals surface area contributed by atoms with Crippen molar-refractivity contribution in [3.8, 4) is 28.6 Å². The van der Waals surface area contributed by atoms with Gasteiger partial charge >= 0.3 is 5.69 Å². The largest absolute Gasteiger partial charge is 0.454 e. The van der Waals surface area contributed by atoms with Crippen LogP contribution in [0.15, 0.2) is 64.3 Å². The van der Waals surface area contributed by atoms with Crippen LogP contribution in [0.3, 0.4) is 0 Å². The minimum Gasteiger partial charge on any atom is -0.454 e. The summed E-state index contributed by atoms with van der Waals surface area (Å²) in [4.78, 5) is 34.7. The van der Waals surface area contributed by atoms with Gasteiger partial charge in [-0.25, -0.2) is 9.78 Å². The number of ether oxygens (including phenoxy) is 1. The first kappa shape index (κ1) is 23.8. The van der Waals surface area contributed by atoms with Gasteiger partial charge in [-0.3, -0.25) is 14.8 Å². The number of nitrogens with zero attached hydrogens (tertiary/aromatic N) is 4. The standard InChI is InChI=1S/C24H15Cl3N6O3/c1-11-6-20(19-4-2-12(25)10-29-19)30-18-5-3-14(9-15(11)18)36-21-16(26)7-13(8-17(21)27)33-24(35)31-23(34)22(28)32-33/h2-10H,1H3,(H2,28,32)(H,31,34,35). The molecule has 2 aromatic carbocycles. The van der Waals surface area contributed by atoms with Crippen molar-refractivity contribution in [2.24, 2.45) is 0 Å². The Bertz CT molecular complexity index is 1740. The molecule has 0 unspecified atom stereocenters. The fourth-order valence-corrected chi connectivity index (χ4v) is 4.23. The molecule has 0 radical (unpaired) electrons. The number of aryl methyl sites for hydroxylation is 1. The van der Waals surface area contributed by atoms with Crippen molar-refractivity contribution < 1.29 is 4.74 Å². The van der Waals surface area contributed by atoms with Crippen LogP contribution < -0.4 is 21.7 Å². The van der Waals surface area contributed by atoms with Gasteiger partial charge in [-0.2, -0.15) is 4.68 Å². The lowest BCUT2D eigenvalue weighted by molar-refractivity contribution is 0.483. The van der Waals surface area contributed by atoms with E-state index in [-0.39, 0.29) is 27.3 Å². The molecule has 0 fully saturated rings. The predicted octanol–water partition coefficient (Wildman–Crippen LogP) is 5.17. The molecule has 0 aliphatic rings. The summed E-state index contributed by atoms with van der Waals surface area (Å²) in [6.07, 6.45) is 1.58. The van der Waals surface area contributed by atoms with E-state index in [0.717, 1.165) is 26.8 Å². The summed E-state index contributed by atoms with van der Waals surface area (Å²) in [6, 6.07) is 13.7. The Morgan fingerprint density at radius 2 is 1.72 bits per heavy atom. The number of halogens is 3. The molecule has 0 saturated heterocycles. The summed E-state index contributed by atoms with van der Waals surface area (Å²) in [5.74, 6) is 0.279. The smallest absolute Gasteiger partial charge is 0.349 e. The van der Waals surface area contributed by atoms with Crippen LogP contribution in [0.4, 0.5) is 5.82 Å². The molecule has 12 heteroatoms. The van der Waals surface area contributed by atoms with Gasteiger partial charge in [0.1, 0.15) is 5.75 Å². The number of hydrogen-bond acceptors (Lipinski definition) is 7. The number of fused-ring (bicyclic) bond motifs is 1. The number of rotatable bonds is 4. The van der Waals surface area contributed by atoms with Gasteiger partial charge in [-0.05, 0) is 61.0 Å². The van der Waals surface area contributed by atoms with E-state index < -0.39 is 11.2 Å². The third-order valence-electron chi connectivity index (χ3n) is 5.28. The van der Waals surface area contributed by atoms with Crippen molar-refractivity contribution in [3.63, 3.8) is 0 Å². The third-order valence-corrected chi connectivity index (χ3v) is 6.06. The van der Waals surface area contributed by atoms with Crippen LogP contribution in [0.25, 0.3) is 28.0 Å². The van der Waals surface area contributed by atoms with Crippen molar-refractivity contribution in [1.29, 1.82) is 0 Å². The highest BCUT2D eigenvalue weighted by atomic mass is 35.5. The van der Waals surface area contributed by atoms with Crippen LogP contribution in [-0.2, 0) is 0 Å². The molecule has 36 heavy (non-hydrogen) atoms. The molecule has 0 bridgehead atoms. The van der Waals surface area contributed by atoms with E-state index in [1.54, 1.807) is 18.3 Å². The number of aromatic nitrogens is 5. The number of aromatic amines is 1. The third kappa shape index (κ3) is 4.51. The molecule has 180 valence electrons. The van der Waals surface area contributed by atoms with E-state index in [0.29, 0.717) is 16.5 Å². The lowest BCUT2D eigenvalue weighted by atomic mass is 10.1. The predicted molar refractivity (Wildman–Crippen MR) is 140 cm³/mol. The van der Waals surface area contributed by atoms with E-state index in [2.05, 4.69) is 15.1 Å². The van der Waals surface area contributed by atoms with Gasteiger partial charge in [0, 0.05) is 11.6 Å². The zero-order valence-corrected chi connectivity index (χ0v) is 20.7. The van der Waals surface area contributed by atoms with E-state index in [4.69, 9.17) is 50.3 Å². The maximum Gasteiger partial charge on any atom is 0.349 e. The van der Waals surface area contributed by atoms with Gasteiger partial charge in [0.05, 0.1) is 37.7 Å². The average molecular weight is 542 g/mol. The fourth-order valence-electron chi connectivity index (χ4n) is 3.57. The van der Waals surface area contributed by atoms with Gasteiger partial charge in [-0.1, -0.05) is 34.8 Å². The zero-order valence-electron chi connectivity index (χ0n) is 18.4. The van der Waals surface area contributed by atoms with Gasteiger partial charge < -0.3 is 10.5 Å². The van der Waals surface area contributed by atoms with Crippen LogP contribution in [-0.4, -0.2) is 24.7 Å². The second-order valence-corrected chi connectivity index (χ2v) is 9.01. The molecular formula is C24H15Cl3N6O3. The van der Waals surface area contributed by atoms with Gasteiger partial charge in [-0.15, -0.1) is 5.10 Å². The molecule has 0 aliphatic heterocycles. The van der Waals surface area contributed by atoms with Crippen LogP contribution in [0, 0.1) is 6.92 Å². The number of pyridine rings is 2. The molecule has 5 rings (SSSR count). The lowest BCUT2D eigenvalue weighted by Crippen LogP contribution is -2.33. The van der Waals surface area contributed by atoms with Crippen LogP contribution in [0.5, 0.6) is 11.5 Å². The molecule has 0 atom stereocenters. The second-order valence-electron chi connectivity index (χ2n) is 7.76. The molecule has 0 saturated carbocycles. The quantitative estimate of drug-likeness (QED) is 0.321. The zero-order chi connectivity index (χ0) is 25.6. The SMILES string of the molecule is Cc1cc(-c2ccc(Cl)cn2)nc2ccc(Oc3c(Cl)cc(-n4nc(N)c(=O)[nH]c4=O)cc3Cl)cc12. The highest BCUT2D eigenvalue weighted by molar-refractivity contribution is 6.37. The molecular weight excluding hydrogens is 527 g/mol. The van der Waals surface area contributed by atoms with Gasteiger partial charge in [0.25, 0.3) is 5.56 Å². The number of H-pyrrole nitrogens is 1. The minimum atomic E-state index is -0.791. The maximum atomic E-state index is 12.1. The van der Waals surface area contributed by atoms with Crippen LogP contribution in [0.1, 0.15) is 5.56 Å². The first-order valence-corrected chi connectivity index (χ1v) is 11.5. The normalized spacial score (nSPS) is 11.1. The number of nitrogens with two attached hydrogens (primary N) is 1. The number of nitrogens with one attached hydrogen (secondary N) is 1. The molecule has 0 spiro atoms. The lowest BCUT2D eigenvalue weighted by Gasteiger charge is -2.13. The van der Waals surface area contributed by atoms with Crippen molar-refractivity contribution >= 4 is 51.5 Å². The van der Waals surface area contributed by atoms with Crippen molar-refractivity contribution in [2.45, 2.75) is 6.92 Å². The highest BCUT2D eigenvalue weighted by Gasteiger charge is 2.15. The second kappa shape index (κ2) is 9.27. The Balaban J connectivity index is 1.49. The summed E-state index contributed by atoms with van der Waals surface area (Å²) in [5.41, 5.74) is 7.29. The van der Waals surface area contributed by atoms with E-state index in [1.165, 1.54) is 12.1 Å². The number of anilines is 1. The van der Waals surface area contributed by atoms with Crippen molar-refractivity contribution in [2.75, 3.05) is 5.73 Å². The Morgan fingerprint density at radius 1 is 0.972 bits per heavy atom. The van der Waals surface area contributed by atoms with E-state index in [1.807, 2.05) is 31.2 Å². The fraction of sp³-hybridized carbons (Fsp3) is 0.0417. The molecule has 3 heterocycles. The molecule has 3 aromatic heterocycles. The van der Waals surface area contributed by atoms with E-state index in [9.17, 15) is 9.59 Å². The Morgan fingerprint density at radius 3 is 2.42 bits per heavy atom. The highest BCUT2D eigenvalue weighted by Crippen LogP contribution is 2.39. The summed E-state index contributed by atoms with van der Waals surface area (Å²) in [6.45, 7) is 1.96. The maximum absolute atomic E-state index is 12.1.